The van der Waals surface area contributed by atoms with E-state index in [9.17, 15) is 5.26 Å². The van der Waals surface area contributed by atoms with Gasteiger partial charge in [0.1, 0.15) is 0 Å². The van der Waals surface area contributed by atoms with Crippen molar-refractivity contribution >= 4 is 31.6 Å². The molecule has 0 N–H and O–H groups in total. The first-order valence-electron chi connectivity index (χ1n) is 9.28. The Morgan fingerprint density at radius 3 is 1.33 bits per heavy atom. The molecular weight excluding hydrogens is 523 g/mol. The van der Waals surface area contributed by atoms with Crippen LogP contribution in [0.4, 0.5) is 0 Å². The summed E-state index contributed by atoms with van der Waals surface area (Å²) in [5.74, 6) is 0. The Kier molecular flexibility index (Phi) is 5.83. The van der Waals surface area contributed by atoms with Crippen LogP contribution in [0.1, 0.15) is 38.9 Å². The maximum absolute atomic E-state index is 9.21. The Bertz CT molecular complexity index is 935. The van der Waals surface area contributed by atoms with Gasteiger partial charge >= 0.3 is 172 Å². The molecule has 3 aromatic carbocycles. The number of nitrogens with zero attached hydrogens (tertiary/aromatic N) is 1. The zero-order valence-corrected chi connectivity index (χ0v) is 20.5. The molecule has 0 bridgehead atoms. The van der Waals surface area contributed by atoms with E-state index in [1.807, 2.05) is 12.1 Å². The van der Waals surface area contributed by atoms with Gasteiger partial charge in [0.2, 0.25) is 0 Å². The summed E-state index contributed by atoms with van der Waals surface area (Å²) in [6, 6.07) is 19.9. The summed E-state index contributed by atoms with van der Waals surface area (Å²) in [4.78, 5) is 0. The molecule has 0 heterocycles. The molecule has 0 saturated carbocycles. The molecule has 0 spiro atoms. The Labute approximate surface area is 171 Å². The Morgan fingerprint density at radius 2 is 1.00 bits per heavy atom. The fourth-order valence-corrected chi connectivity index (χ4v) is 15.2. The molecule has 136 valence electrons. The number of rotatable bonds is 3. The van der Waals surface area contributed by atoms with Gasteiger partial charge in [-0.1, -0.05) is 0 Å². The molecule has 0 aliphatic carbocycles. The molecule has 3 aromatic rings. The van der Waals surface area contributed by atoms with Crippen molar-refractivity contribution in [3.05, 3.63) is 87.5 Å². The van der Waals surface area contributed by atoms with E-state index in [-0.39, 0.29) is 0 Å². The molecule has 0 aliphatic rings. The quantitative estimate of drug-likeness (QED) is 0.455. The topological polar surface area (TPSA) is 23.8 Å². The molecule has 3 rings (SSSR count). The molecule has 0 radical (unpaired) electrons. The third-order valence-electron chi connectivity index (χ3n) is 4.97. The summed E-state index contributed by atoms with van der Waals surface area (Å²) in [5.41, 5.74) is 9.04. The molecule has 1 nitrogen and oxygen atoms in total. The summed E-state index contributed by atoms with van der Waals surface area (Å²) >= 11 is -2.50. The van der Waals surface area contributed by atoms with E-state index in [1.165, 1.54) is 36.7 Å². The van der Waals surface area contributed by atoms with Crippen molar-refractivity contribution in [1.29, 1.82) is 5.26 Å². The van der Waals surface area contributed by atoms with Crippen molar-refractivity contribution < 1.29 is 0 Å². The summed E-state index contributed by atoms with van der Waals surface area (Å²) in [6.45, 7) is 13.4. The normalized spacial score (nSPS) is 10.9. The van der Waals surface area contributed by atoms with Crippen molar-refractivity contribution in [2.45, 2.75) is 41.5 Å². The fraction of sp³-hybridized carbons (Fsp3) is 0.240. The summed E-state index contributed by atoms with van der Waals surface area (Å²) < 4.78 is 4.60. The van der Waals surface area contributed by atoms with Gasteiger partial charge in [0.05, 0.1) is 0 Å². The summed E-state index contributed by atoms with van der Waals surface area (Å²) in [5, 5.41) is 9.21. The minimum atomic E-state index is -2.50. The second kappa shape index (κ2) is 7.96. The number of hydrogen-bond acceptors (Lipinski definition) is 1. The van der Waals surface area contributed by atoms with Crippen LogP contribution < -0.4 is 9.81 Å². The molecule has 0 saturated heterocycles. The van der Waals surface area contributed by atoms with Crippen molar-refractivity contribution in [3.8, 4) is 6.07 Å². The van der Waals surface area contributed by atoms with E-state index in [0.29, 0.717) is 0 Å². The minimum absolute atomic E-state index is 0.734. The number of hydrogen-bond donors (Lipinski definition) is 0. The van der Waals surface area contributed by atoms with Crippen LogP contribution in [0.3, 0.4) is 0 Å². The average molecular weight is 549 g/mol. The number of benzene rings is 3. The molecule has 2 heteroatoms. The zero-order valence-electron chi connectivity index (χ0n) is 17.0. The molecule has 0 unspecified atom stereocenters. The van der Waals surface area contributed by atoms with Crippen LogP contribution in [0.2, 0.25) is 0 Å². The van der Waals surface area contributed by atoms with Gasteiger partial charge in [0, 0.05) is 0 Å². The third kappa shape index (κ3) is 4.00. The van der Waals surface area contributed by atoms with Crippen LogP contribution in [-0.4, -0.2) is 21.8 Å². The van der Waals surface area contributed by atoms with E-state index >= 15 is 0 Å². The Hall–Kier alpha value is -1.97. The van der Waals surface area contributed by atoms with Gasteiger partial charge in [-0.05, 0) is 0 Å². The second-order valence-electron chi connectivity index (χ2n) is 7.49. The molecule has 0 amide bonds. The molecule has 27 heavy (non-hydrogen) atoms. The van der Waals surface area contributed by atoms with Crippen LogP contribution in [0.5, 0.6) is 0 Å². The van der Waals surface area contributed by atoms with Crippen LogP contribution >= 0.6 is 0 Å². The first kappa shape index (κ1) is 19.8. The van der Waals surface area contributed by atoms with Gasteiger partial charge in [0.25, 0.3) is 0 Å². The van der Waals surface area contributed by atoms with Crippen LogP contribution in [-0.2, 0) is 0 Å². The summed E-state index contributed by atoms with van der Waals surface area (Å²) in [7, 11) is 0. The maximum atomic E-state index is 9.21. The van der Waals surface area contributed by atoms with Crippen molar-refractivity contribution in [2.75, 3.05) is 0 Å². The zero-order chi connectivity index (χ0) is 19.7. The van der Waals surface area contributed by atoms with E-state index < -0.39 is 21.8 Å². The molecular formula is C25H26BiN. The van der Waals surface area contributed by atoms with E-state index in [0.717, 1.165) is 5.56 Å². The second-order valence-corrected chi connectivity index (χ2v) is 15.6. The fourth-order valence-electron chi connectivity index (χ4n) is 4.11. The van der Waals surface area contributed by atoms with Gasteiger partial charge in [-0.3, -0.25) is 0 Å². The Morgan fingerprint density at radius 1 is 0.630 bits per heavy atom. The van der Waals surface area contributed by atoms with Crippen LogP contribution in [0, 0.1) is 52.9 Å². The van der Waals surface area contributed by atoms with Gasteiger partial charge in [-0.15, -0.1) is 0 Å². The standard InChI is InChI=1S/2C9H11.C7H4N.Bi/c2*1-7-4-8(2)6-9(3)5-7;8-6-7-4-2-1-3-5-7;/h2*4-5H,1-3H3;2-5H;. The van der Waals surface area contributed by atoms with Gasteiger partial charge in [-0.25, -0.2) is 0 Å². The first-order valence-corrected chi connectivity index (χ1v) is 14.5. The predicted molar refractivity (Wildman–Crippen MR) is 117 cm³/mol. The van der Waals surface area contributed by atoms with Gasteiger partial charge in [-0.2, -0.15) is 0 Å². The predicted octanol–water partition coefficient (Wildman–Crippen LogP) is 3.93. The summed E-state index contributed by atoms with van der Waals surface area (Å²) in [6.07, 6.45) is 0. The van der Waals surface area contributed by atoms with Crippen LogP contribution in [0.15, 0.2) is 48.5 Å². The number of nitriles is 1. The van der Waals surface area contributed by atoms with E-state index in [2.05, 4.69) is 84.0 Å². The van der Waals surface area contributed by atoms with Crippen molar-refractivity contribution in [1.82, 2.24) is 0 Å². The number of aryl methyl sites for hydroxylation is 6. The van der Waals surface area contributed by atoms with E-state index in [4.69, 9.17) is 0 Å². The van der Waals surface area contributed by atoms with Crippen molar-refractivity contribution in [2.24, 2.45) is 0 Å². The SMILES string of the molecule is Cc1cc(C)[c]([Bi]([c]2ccc(C#N)cc2)[c]2c(C)cc(C)cc2C)c(C)c1. The Balaban J connectivity index is 2.33. The third-order valence-corrected chi connectivity index (χ3v) is 17.1. The van der Waals surface area contributed by atoms with E-state index in [1.54, 1.807) is 6.54 Å². The molecule has 0 aliphatic heterocycles. The van der Waals surface area contributed by atoms with Crippen LogP contribution in [0.25, 0.3) is 0 Å². The van der Waals surface area contributed by atoms with Gasteiger partial charge < -0.3 is 0 Å². The van der Waals surface area contributed by atoms with Gasteiger partial charge in [0.15, 0.2) is 0 Å². The average Bonchev–Trinajstić information content (AvgIpc) is 2.59. The van der Waals surface area contributed by atoms with Crippen molar-refractivity contribution in [3.63, 3.8) is 0 Å². The molecule has 0 fully saturated rings. The monoisotopic (exact) mass is 549 g/mol. The molecule has 0 atom stereocenters. The first-order chi connectivity index (χ1) is 12.8. The molecule has 0 aromatic heterocycles.